The van der Waals surface area contributed by atoms with Gasteiger partial charge in [-0.3, -0.25) is 9.79 Å². The number of halogens is 1. The van der Waals surface area contributed by atoms with Crippen molar-refractivity contribution in [2.75, 3.05) is 58.8 Å². The Hall–Kier alpha value is -1.55. The summed E-state index contributed by atoms with van der Waals surface area (Å²) >= 11 is 0. The average Bonchev–Trinajstić information content (AvgIpc) is 3.23. The number of guanidine groups is 1. The summed E-state index contributed by atoms with van der Waals surface area (Å²) in [6.45, 7) is 4.45. The molecule has 28 heavy (non-hydrogen) atoms. The maximum Gasteiger partial charge on any atom is 0.251 e. The lowest BCUT2D eigenvalue weighted by Crippen LogP contribution is -2.55. The number of ether oxygens (including phenoxy) is 1. The molecule has 2 aliphatic heterocycles. The lowest BCUT2D eigenvalue weighted by Gasteiger charge is -2.37. The molecule has 1 unspecified atom stereocenters. The van der Waals surface area contributed by atoms with Gasteiger partial charge in [-0.1, -0.05) is 12.1 Å². The van der Waals surface area contributed by atoms with E-state index in [0.717, 1.165) is 51.5 Å². The molecule has 1 amide bonds. The van der Waals surface area contributed by atoms with E-state index in [9.17, 15) is 4.79 Å². The summed E-state index contributed by atoms with van der Waals surface area (Å²) < 4.78 is 5.53. The number of hydrogen-bond donors (Lipinski definition) is 1. The van der Waals surface area contributed by atoms with E-state index in [1.54, 1.807) is 0 Å². The molecule has 1 aromatic rings. The molecule has 0 spiro atoms. The van der Waals surface area contributed by atoms with Gasteiger partial charge in [-0.05, 0) is 30.5 Å². The van der Waals surface area contributed by atoms with Crippen molar-refractivity contribution in [2.24, 2.45) is 4.99 Å². The zero-order chi connectivity index (χ0) is 19.2. The number of rotatable bonds is 4. The van der Waals surface area contributed by atoms with E-state index in [0.29, 0.717) is 6.61 Å². The third kappa shape index (κ3) is 5.73. The Morgan fingerprint density at radius 2 is 1.96 bits per heavy atom. The third-order valence-electron chi connectivity index (χ3n) is 5.19. The number of aliphatic imine (C=N–C) groups is 1. The van der Waals surface area contributed by atoms with E-state index < -0.39 is 0 Å². The fraction of sp³-hybridized carbons (Fsp3) is 0.600. The monoisotopic (exact) mass is 501 g/mol. The lowest BCUT2D eigenvalue weighted by molar-refractivity contribution is -0.142. The zero-order valence-corrected chi connectivity index (χ0v) is 19.4. The van der Waals surface area contributed by atoms with Gasteiger partial charge in [0, 0.05) is 66.2 Å². The summed E-state index contributed by atoms with van der Waals surface area (Å²) in [5, 5.41) is 3.45. The van der Waals surface area contributed by atoms with Crippen molar-refractivity contribution in [1.82, 2.24) is 15.1 Å². The molecular weight excluding hydrogens is 469 g/mol. The van der Waals surface area contributed by atoms with E-state index in [1.165, 1.54) is 11.3 Å². The van der Waals surface area contributed by atoms with Crippen LogP contribution in [0.5, 0.6) is 0 Å². The van der Waals surface area contributed by atoms with Crippen LogP contribution in [-0.2, 0) is 16.1 Å². The van der Waals surface area contributed by atoms with Crippen molar-refractivity contribution in [3.63, 3.8) is 0 Å². The van der Waals surface area contributed by atoms with Crippen LogP contribution in [-0.4, -0.2) is 81.7 Å². The van der Waals surface area contributed by atoms with E-state index in [1.807, 2.05) is 26.0 Å². The minimum Gasteiger partial charge on any atom is -0.378 e. The summed E-state index contributed by atoms with van der Waals surface area (Å²) in [4.78, 5) is 23.1. The standard InChI is InChI=1S/C20H31N5O2.HI/c1-21-20(22-15-16-6-4-7-17(14-16)23(2)3)25-11-9-24(10-12-25)19(26)18-8-5-13-27-18;/h4,6-7,14,18H,5,8-13,15H2,1-3H3,(H,21,22);1H. The highest BCUT2D eigenvalue weighted by molar-refractivity contribution is 14.0. The number of piperazine rings is 1. The van der Waals surface area contributed by atoms with Gasteiger partial charge in [-0.15, -0.1) is 24.0 Å². The molecule has 7 nitrogen and oxygen atoms in total. The van der Waals surface area contributed by atoms with Crippen LogP contribution in [0.1, 0.15) is 18.4 Å². The molecule has 0 saturated carbocycles. The molecule has 2 fully saturated rings. The molecule has 1 aromatic carbocycles. The number of nitrogens with one attached hydrogen (secondary N) is 1. The van der Waals surface area contributed by atoms with E-state index in [4.69, 9.17) is 4.74 Å². The largest absolute Gasteiger partial charge is 0.378 e. The molecule has 3 rings (SSSR count). The van der Waals surface area contributed by atoms with Crippen molar-refractivity contribution in [1.29, 1.82) is 0 Å². The third-order valence-corrected chi connectivity index (χ3v) is 5.19. The first kappa shape index (κ1) is 22.7. The van der Waals surface area contributed by atoms with E-state index in [2.05, 4.69) is 44.4 Å². The van der Waals surface area contributed by atoms with E-state index >= 15 is 0 Å². The topological polar surface area (TPSA) is 60.4 Å². The highest BCUT2D eigenvalue weighted by Gasteiger charge is 2.30. The quantitative estimate of drug-likeness (QED) is 0.387. The molecule has 1 atom stereocenters. The van der Waals surface area contributed by atoms with Crippen LogP contribution in [0.4, 0.5) is 5.69 Å². The second-order valence-corrected chi connectivity index (χ2v) is 7.28. The highest BCUT2D eigenvalue weighted by Crippen LogP contribution is 2.16. The SMILES string of the molecule is CN=C(NCc1cccc(N(C)C)c1)N1CCN(C(=O)C2CCCO2)CC1.I. The number of anilines is 1. The Morgan fingerprint density at radius 1 is 1.25 bits per heavy atom. The van der Waals surface area contributed by atoms with Crippen LogP contribution >= 0.6 is 24.0 Å². The van der Waals surface area contributed by atoms with Crippen LogP contribution in [0.15, 0.2) is 29.3 Å². The lowest BCUT2D eigenvalue weighted by atomic mass is 10.2. The Balaban J connectivity index is 0.00000280. The molecule has 8 heteroatoms. The van der Waals surface area contributed by atoms with Crippen LogP contribution in [0.3, 0.4) is 0 Å². The van der Waals surface area contributed by atoms with Crippen molar-refractivity contribution in [3.8, 4) is 0 Å². The number of hydrogen-bond acceptors (Lipinski definition) is 4. The number of benzene rings is 1. The molecule has 0 aromatic heterocycles. The predicted octanol–water partition coefficient (Wildman–Crippen LogP) is 1.77. The first-order valence-electron chi connectivity index (χ1n) is 9.70. The minimum atomic E-state index is -0.224. The molecule has 156 valence electrons. The van der Waals surface area contributed by atoms with Crippen molar-refractivity contribution in [3.05, 3.63) is 29.8 Å². The summed E-state index contributed by atoms with van der Waals surface area (Å²) in [5.74, 6) is 1.03. The van der Waals surface area contributed by atoms with Gasteiger partial charge in [-0.25, -0.2) is 0 Å². The van der Waals surface area contributed by atoms with Gasteiger partial charge in [0.05, 0.1) is 0 Å². The Kier molecular flexibility index (Phi) is 8.81. The number of amides is 1. The second kappa shape index (κ2) is 10.8. The van der Waals surface area contributed by atoms with Crippen LogP contribution in [0.2, 0.25) is 0 Å². The molecule has 2 saturated heterocycles. The summed E-state index contributed by atoms with van der Waals surface area (Å²) in [5.41, 5.74) is 2.40. The van der Waals surface area contributed by atoms with E-state index in [-0.39, 0.29) is 36.0 Å². The number of carbonyl (C=O) groups excluding carboxylic acids is 1. The molecule has 2 aliphatic rings. The van der Waals surface area contributed by atoms with Crippen molar-refractivity contribution < 1.29 is 9.53 Å². The normalized spacial score (nSPS) is 20.0. The first-order chi connectivity index (χ1) is 13.1. The van der Waals surface area contributed by atoms with Gasteiger partial charge in [-0.2, -0.15) is 0 Å². The number of nitrogens with zero attached hydrogens (tertiary/aromatic N) is 4. The van der Waals surface area contributed by atoms with Gasteiger partial charge in [0.1, 0.15) is 6.10 Å². The summed E-state index contributed by atoms with van der Waals surface area (Å²) in [6.07, 6.45) is 1.62. The summed E-state index contributed by atoms with van der Waals surface area (Å²) in [6, 6.07) is 8.47. The molecular formula is C20H32IN5O2. The predicted molar refractivity (Wildman–Crippen MR) is 124 cm³/mol. The highest BCUT2D eigenvalue weighted by atomic mass is 127. The molecule has 0 aliphatic carbocycles. The van der Waals surface area contributed by atoms with Crippen molar-refractivity contribution >= 4 is 41.5 Å². The molecule has 0 radical (unpaired) electrons. The number of carbonyl (C=O) groups is 1. The van der Waals surface area contributed by atoms with Gasteiger partial charge < -0.3 is 24.8 Å². The maximum atomic E-state index is 12.5. The second-order valence-electron chi connectivity index (χ2n) is 7.28. The average molecular weight is 501 g/mol. The van der Waals surface area contributed by atoms with Gasteiger partial charge in [0.25, 0.3) is 5.91 Å². The Labute approximate surface area is 185 Å². The maximum absolute atomic E-state index is 12.5. The molecule has 2 heterocycles. The van der Waals surface area contributed by atoms with Gasteiger partial charge >= 0.3 is 0 Å². The van der Waals surface area contributed by atoms with Crippen LogP contribution < -0.4 is 10.2 Å². The van der Waals surface area contributed by atoms with Crippen molar-refractivity contribution in [2.45, 2.75) is 25.5 Å². The molecule has 0 bridgehead atoms. The smallest absolute Gasteiger partial charge is 0.251 e. The zero-order valence-electron chi connectivity index (χ0n) is 17.1. The minimum absolute atomic E-state index is 0. The first-order valence-corrected chi connectivity index (χ1v) is 9.70. The fourth-order valence-corrected chi connectivity index (χ4v) is 3.57. The van der Waals surface area contributed by atoms with Crippen LogP contribution in [0, 0.1) is 0 Å². The Bertz CT molecular complexity index is 668. The van der Waals surface area contributed by atoms with Crippen LogP contribution in [0.25, 0.3) is 0 Å². The van der Waals surface area contributed by atoms with Gasteiger partial charge in [0.2, 0.25) is 0 Å². The Morgan fingerprint density at radius 3 is 2.57 bits per heavy atom. The van der Waals surface area contributed by atoms with Gasteiger partial charge in [0.15, 0.2) is 5.96 Å². The molecule has 1 N–H and O–H groups in total. The fourth-order valence-electron chi connectivity index (χ4n) is 3.57. The summed E-state index contributed by atoms with van der Waals surface area (Å²) in [7, 11) is 5.90.